The number of rotatable bonds is 3. The lowest BCUT2D eigenvalue weighted by Crippen LogP contribution is -1.86. The third-order valence-corrected chi connectivity index (χ3v) is 5.11. The number of thiophene rings is 2. The highest BCUT2D eigenvalue weighted by molar-refractivity contribution is 7.20. The third-order valence-electron chi connectivity index (χ3n) is 2.91. The van der Waals surface area contributed by atoms with Crippen LogP contribution < -0.4 is 0 Å². The molecule has 1 nitrogen and oxygen atoms in total. The van der Waals surface area contributed by atoms with Gasteiger partial charge in [-0.3, -0.25) is 0 Å². The topological polar surface area (TPSA) is 20.2 Å². The summed E-state index contributed by atoms with van der Waals surface area (Å²) in [6, 6.07) is 12.5. The minimum Gasteiger partial charge on any atom is -0.392 e. The average Bonchev–Trinajstić information content (AvgIpc) is 3.03. The average molecular weight is 272 g/mol. The molecule has 0 aliphatic rings. The third kappa shape index (κ3) is 1.90. The van der Waals surface area contributed by atoms with Crippen LogP contribution in [0.5, 0.6) is 0 Å². The van der Waals surface area contributed by atoms with Gasteiger partial charge in [0.25, 0.3) is 0 Å². The Balaban J connectivity index is 2.06. The lowest BCUT2D eigenvalue weighted by Gasteiger charge is -2.02. The van der Waals surface area contributed by atoms with E-state index in [0.29, 0.717) is 0 Å². The number of hydrogen-bond donors (Lipinski definition) is 1. The van der Waals surface area contributed by atoms with Gasteiger partial charge in [0.1, 0.15) is 0 Å². The standard InChI is InChI=1S/C15H12OS2/c1-10(15-12(9-16)6-7-17-15)14-8-11-4-2-3-5-13(11)18-14/h2-8,16H,1,9H2. The van der Waals surface area contributed by atoms with Crippen molar-refractivity contribution >= 4 is 38.3 Å². The van der Waals surface area contributed by atoms with Gasteiger partial charge < -0.3 is 5.11 Å². The fourth-order valence-electron chi connectivity index (χ4n) is 1.97. The number of fused-ring (bicyclic) bond motifs is 1. The van der Waals surface area contributed by atoms with Gasteiger partial charge in [0, 0.05) is 20.0 Å². The first-order chi connectivity index (χ1) is 8.79. The van der Waals surface area contributed by atoms with Gasteiger partial charge in [0.2, 0.25) is 0 Å². The van der Waals surface area contributed by atoms with E-state index < -0.39 is 0 Å². The predicted octanol–water partition coefficient (Wildman–Crippen LogP) is 4.52. The Morgan fingerprint density at radius 3 is 2.83 bits per heavy atom. The molecule has 0 bridgehead atoms. The van der Waals surface area contributed by atoms with Gasteiger partial charge in [-0.25, -0.2) is 0 Å². The molecule has 3 heteroatoms. The fraction of sp³-hybridized carbons (Fsp3) is 0.0667. The molecule has 3 aromatic rings. The molecule has 0 amide bonds. The van der Waals surface area contributed by atoms with Gasteiger partial charge in [-0.15, -0.1) is 22.7 Å². The van der Waals surface area contributed by atoms with E-state index in [2.05, 4.69) is 30.8 Å². The summed E-state index contributed by atoms with van der Waals surface area (Å²) in [6.45, 7) is 4.25. The van der Waals surface area contributed by atoms with Crippen LogP contribution in [-0.4, -0.2) is 5.11 Å². The maximum absolute atomic E-state index is 9.31. The minimum atomic E-state index is 0.0722. The van der Waals surface area contributed by atoms with E-state index in [-0.39, 0.29) is 6.61 Å². The lowest BCUT2D eigenvalue weighted by molar-refractivity contribution is 0.282. The van der Waals surface area contributed by atoms with E-state index in [9.17, 15) is 5.11 Å². The highest BCUT2D eigenvalue weighted by Gasteiger charge is 2.11. The van der Waals surface area contributed by atoms with Gasteiger partial charge in [-0.2, -0.15) is 0 Å². The fourth-order valence-corrected chi connectivity index (χ4v) is 3.98. The van der Waals surface area contributed by atoms with Crippen LogP contribution in [0.1, 0.15) is 15.3 Å². The number of aliphatic hydroxyl groups is 1. The lowest BCUT2D eigenvalue weighted by atomic mass is 10.1. The second-order valence-corrected chi connectivity index (χ2v) is 6.06. The van der Waals surface area contributed by atoms with Crippen LogP contribution in [0, 0.1) is 0 Å². The first-order valence-corrected chi connectivity index (χ1v) is 7.34. The van der Waals surface area contributed by atoms with Crippen LogP contribution in [0.3, 0.4) is 0 Å². The molecule has 0 aliphatic heterocycles. The van der Waals surface area contributed by atoms with Crippen LogP contribution in [0.15, 0.2) is 48.4 Å². The molecule has 2 aromatic heterocycles. The molecule has 1 N–H and O–H groups in total. The van der Waals surface area contributed by atoms with Gasteiger partial charge in [0.05, 0.1) is 6.61 Å². The molecule has 0 saturated heterocycles. The van der Waals surface area contributed by atoms with Crippen LogP contribution >= 0.6 is 22.7 Å². The number of hydrogen-bond acceptors (Lipinski definition) is 3. The Morgan fingerprint density at radius 2 is 2.06 bits per heavy atom. The molecule has 1 aromatic carbocycles. The van der Waals surface area contributed by atoms with E-state index in [0.717, 1.165) is 16.0 Å². The van der Waals surface area contributed by atoms with Crippen molar-refractivity contribution < 1.29 is 5.11 Å². The maximum atomic E-state index is 9.31. The van der Waals surface area contributed by atoms with Gasteiger partial charge in [-0.05, 0) is 34.5 Å². The molecule has 0 spiro atoms. The summed E-state index contributed by atoms with van der Waals surface area (Å²) in [7, 11) is 0. The molecule has 0 fully saturated rings. The van der Waals surface area contributed by atoms with E-state index in [1.165, 1.54) is 15.0 Å². The summed E-state index contributed by atoms with van der Waals surface area (Å²) in [4.78, 5) is 2.26. The van der Waals surface area contributed by atoms with E-state index in [4.69, 9.17) is 0 Å². The number of benzene rings is 1. The molecule has 90 valence electrons. The first-order valence-electron chi connectivity index (χ1n) is 5.65. The molecule has 0 aliphatic carbocycles. The van der Waals surface area contributed by atoms with Gasteiger partial charge in [-0.1, -0.05) is 24.8 Å². The molecule has 18 heavy (non-hydrogen) atoms. The summed E-state index contributed by atoms with van der Waals surface area (Å²) < 4.78 is 1.27. The van der Waals surface area contributed by atoms with E-state index >= 15 is 0 Å². The molecule has 3 rings (SSSR count). The SMILES string of the molecule is C=C(c1cc2ccccc2s1)c1sccc1CO. The zero-order valence-corrected chi connectivity index (χ0v) is 11.4. The van der Waals surface area contributed by atoms with Crippen molar-refractivity contribution in [2.45, 2.75) is 6.61 Å². The molecule has 2 heterocycles. The van der Waals surface area contributed by atoms with Crippen molar-refractivity contribution in [3.8, 4) is 0 Å². The zero-order chi connectivity index (χ0) is 12.5. The molecule has 0 radical (unpaired) electrons. The van der Waals surface area contributed by atoms with E-state index in [1.54, 1.807) is 22.7 Å². The summed E-state index contributed by atoms with van der Waals surface area (Å²) in [5.41, 5.74) is 1.97. The Kier molecular flexibility index (Phi) is 3.04. The van der Waals surface area contributed by atoms with Crippen LogP contribution in [0.2, 0.25) is 0 Å². The minimum absolute atomic E-state index is 0.0722. The summed E-state index contributed by atoms with van der Waals surface area (Å²) in [5.74, 6) is 0. The van der Waals surface area contributed by atoms with Crippen LogP contribution in [0.4, 0.5) is 0 Å². The second-order valence-electron chi connectivity index (χ2n) is 4.06. The monoisotopic (exact) mass is 272 g/mol. The second kappa shape index (κ2) is 4.69. The van der Waals surface area contributed by atoms with Crippen molar-refractivity contribution in [3.63, 3.8) is 0 Å². The van der Waals surface area contributed by atoms with Crippen LogP contribution in [0.25, 0.3) is 15.7 Å². The normalized spacial score (nSPS) is 10.9. The first kappa shape index (κ1) is 11.7. The predicted molar refractivity (Wildman–Crippen MR) is 80.2 cm³/mol. The largest absolute Gasteiger partial charge is 0.392 e. The maximum Gasteiger partial charge on any atom is 0.0696 e. The highest BCUT2D eigenvalue weighted by atomic mass is 32.1. The summed E-state index contributed by atoms with van der Waals surface area (Å²) in [5, 5.41) is 12.6. The van der Waals surface area contributed by atoms with Gasteiger partial charge >= 0.3 is 0 Å². The molecule has 0 unspecified atom stereocenters. The van der Waals surface area contributed by atoms with Gasteiger partial charge in [0.15, 0.2) is 0 Å². The Morgan fingerprint density at radius 1 is 1.22 bits per heavy atom. The molecule has 0 atom stereocenters. The summed E-state index contributed by atoms with van der Waals surface area (Å²) >= 11 is 3.38. The quantitative estimate of drug-likeness (QED) is 0.743. The molecular weight excluding hydrogens is 260 g/mol. The van der Waals surface area contributed by atoms with Crippen LogP contribution in [-0.2, 0) is 6.61 Å². The summed E-state index contributed by atoms with van der Waals surface area (Å²) in [6.07, 6.45) is 0. The Labute approximate surface area is 114 Å². The van der Waals surface area contributed by atoms with Crippen molar-refractivity contribution in [1.29, 1.82) is 0 Å². The molecule has 0 saturated carbocycles. The number of aliphatic hydroxyl groups excluding tert-OH is 1. The van der Waals surface area contributed by atoms with Crippen molar-refractivity contribution in [3.05, 3.63) is 63.7 Å². The zero-order valence-electron chi connectivity index (χ0n) is 9.72. The Bertz CT molecular complexity index is 673. The Hall–Kier alpha value is -1.42. The van der Waals surface area contributed by atoms with Crippen molar-refractivity contribution in [2.75, 3.05) is 0 Å². The van der Waals surface area contributed by atoms with Crippen molar-refractivity contribution in [2.24, 2.45) is 0 Å². The highest BCUT2D eigenvalue weighted by Crippen LogP contribution is 2.36. The molecular formula is C15H12OS2. The van der Waals surface area contributed by atoms with E-state index in [1.807, 2.05) is 17.5 Å². The smallest absolute Gasteiger partial charge is 0.0696 e. The van der Waals surface area contributed by atoms with Crippen molar-refractivity contribution in [1.82, 2.24) is 0 Å².